The molecule has 0 unspecified atom stereocenters. The lowest BCUT2D eigenvalue weighted by molar-refractivity contribution is -0.112. The zero-order valence-corrected chi connectivity index (χ0v) is 27.3. The third-order valence-corrected chi connectivity index (χ3v) is 10.7. The Bertz CT molecular complexity index is 1870. The first-order valence-corrected chi connectivity index (χ1v) is 17.1. The van der Waals surface area contributed by atoms with Gasteiger partial charge in [-0.1, -0.05) is 12.1 Å². The summed E-state index contributed by atoms with van der Waals surface area (Å²) in [5.74, 6) is 0.153. The van der Waals surface area contributed by atoms with E-state index < -0.39 is 5.82 Å². The van der Waals surface area contributed by atoms with Gasteiger partial charge in [0.2, 0.25) is 5.78 Å². The van der Waals surface area contributed by atoms with Gasteiger partial charge in [-0.2, -0.15) is 0 Å². The number of ether oxygens (including phenoxy) is 1. The molecule has 4 aliphatic heterocycles. The van der Waals surface area contributed by atoms with Crippen LogP contribution in [0.3, 0.4) is 0 Å². The van der Waals surface area contributed by atoms with E-state index in [0.29, 0.717) is 53.3 Å². The summed E-state index contributed by atoms with van der Waals surface area (Å²) in [4.78, 5) is 37.7. The van der Waals surface area contributed by atoms with E-state index in [9.17, 15) is 14.7 Å². The van der Waals surface area contributed by atoms with Gasteiger partial charge in [0, 0.05) is 66.3 Å². The number of carbonyl (C=O) groups excluding carboxylic acids is 1. The number of aliphatic hydroxyl groups is 1. The van der Waals surface area contributed by atoms with Crippen LogP contribution in [0.15, 0.2) is 70.6 Å². The molecule has 5 heterocycles. The van der Waals surface area contributed by atoms with E-state index >= 15 is 4.39 Å². The van der Waals surface area contributed by atoms with Crippen molar-refractivity contribution in [3.8, 4) is 11.3 Å². The lowest BCUT2D eigenvalue weighted by Gasteiger charge is -2.41. The Morgan fingerprint density at radius 1 is 1.02 bits per heavy atom. The molecule has 1 aliphatic carbocycles. The van der Waals surface area contributed by atoms with Crippen molar-refractivity contribution in [1.82, 2.24) is 19.4 Å². The van der Waals surface area contributed by atoms with Gasteiger partial charge in [-0.25, -0.2) is 9.37 Å². The minimum Gasteiger partial charge on any atom is -0.392 e. The Balaban J connectivity index is 1.05. The predicted octanol–water partition coefficient (Wildman–Crippen LogP) is 4.77. The fourth-order valence-corrected chi connectivity index (χ4v) is 7.95. The van der Waals surface area contributed by atoms with Gasteiger partial charge in [-0.3, -0.25) is 14.5 Å². The summed E-state index contributed by atoms with van der Waals surface area (Å²) in [6, 6.07) is 11.5. The van der Waals surface area contributed by atoms with Crippen LogP contribution in [0.5, 0.6) is 0 Å². The fraction of sp³-hybridized carbons (Fsp3) is 0.432. The number of piperidine rings is 1. The van der Waals surface area contributed by atoms with Gasteiger partial charge >= 0.3 is 0 Å². The highest BCUT2D eigenvalue weighted by molar-refractivity contribution is 6.11. The summed E-state index contributed by atoms with van der Waals surface area (Å²) in [6.07, 6.45) is 9.36. The van der Waals surface area contributed by atoms with Crippen molar-refractivity contribution in [3.05, 3.63) is 93.1 Å². The number of halogens is 1. The highest BCUT2D eigenvalue weighted by atomic mass is 19.1. The lowest BCUT2D eigenvalue weighted by Crippen LogP contribution is -2.51. The number of ketones is 1. The number of aryl methyl sites for hydroxylation is 1. The molecule has 2 N–H and O–H groups in total. The number of benzene rings is 2. The molecule has 8 rings (SSSR count). The average molecular weight is 653 g/mol. The second-order valence-electron chi connectivity index (χ2n) is 13.6. The molecule has 0 atom stereocenters. The van der Waals surface area contributed by atoms with Crippen LogP contribution in [0, 0.1) is 5.82 Å². The maximum absolute atomic E-state index is 15.3. The number of allylic oxidation sites excluding steroid dienone is 2. The van der Waals surface area contributed by atoms with Gasteiger partial charge < -0.3 is 29.5 Å². The zero-order valence-electron chi connectivity index (χ0n) is 27.3. The van der Waals surface area contributed by atoms with Crippen LogP contribution in [-0.2, 0) is 23.2 Å². The molecule has 1 aromatic heterocycles. The Morgan fingerprint density at radius 2 is 1.79 bits per heavy atom. The molecule has 0 radical (unpaired) electrons. The number of nitrogens with one attached hydrogen (secondary N) is 1. The van der Waals surface area contributed by atoms with Gasteiger partial charge in [-0.15, -0.1) is 0 Å². The maximum atomic E-state index is 15.3. The first-order chi connectivity index (χ1) is 23.4. The zero-order chi connectivity index (χ0) is 32.9. The van der Waals surface area contributed by atoms with Gasteiger partial charge in [-0.05, 0) is 87.4 Å². The Hall–Kier alpha value is -4.32. The van der Waals surface area contributed by atoms with Gasteiger partial charge in [0.05, 0.1) is 31.6 Å². The summed E-state index contributed by atoms with van der Waals surface area (Å²) in [6.45, 7) is 4.60. The Kier molecular flexibility index (Phi) is 8.14. The summed E-state index contributed by atoms with van der Waals surface area (Å²) in [5.41, 5.74) is 6.02. The topological polar surface area (TPSA) is 103 Å². The molecule has 0 bridgehead atoms. The highest BCUT2D eigenvalue weighted by Gasteiger charge is 2.38. The van der Waals surface area contributed by atoms with Crippen LogP contribution in [0.2, 0.25) is 0 Å². The standard InChI is InChI=1S/C37H41FN6O4/c1-41-18-31(40-36(37(41)47)39-26-8-6-23(7-9-26)24-10-12-42(13-11-24)27-21-48-22-27)29-16-25(38)17-33(30(29)20-45)43-14-15-44-32-5-3-2-4-28(32)35(46)34(44)19-43/h6-9,16-19,24,27,45H,2-5,10-15,20-22H2,1H3,(H,39,40). The van der Waals surface area contributed by atoms with Crippen molar-refractivity contribution in [3.63, 3.8) is 0 Å². The molecule has 10 nitrogen and oxygen atoms in total. The van der Waals surface area contributed by atoms with Crippen LogP contribution < -0.4 is 15.8 Å². The first kappa shape index (κ1) is 31.0. The minimum atomic E-state index is -0.499. The number of hydrogen-bond donors (Lipinski definition) is 2. The summed E-state index contributed by atoms with van der Waals surface area (Å²) < 4.78 is 22.1. The number of hydrogen-bond acceptors (Lipinski definition) is 9. The number of rotatable bonds is 7. The van der Waals surface area contributed by atoms with E-state index in [1.54, 1.807) is 19.4 Å². The lowest BCUT2D eigenvalue weighted by atomic mass is 9.88. The summed E-state index contributed by atoms with van der Waals surface area (Å²) >= 11 is 0. The molecule has 11 heteroatoms. The molecular formula is C37H41FN6O4. The highest BCUT2D eigenvalue weighted by Crippen LogP contribution is 2.41. The van der Waals surface area contributed by atoms with Crippen molar-refractivity contribution < 1.29 is 19.0 Å². The molecule has 5 aliphatic rings. The molecule has 48 heavy (non-hydrogen) atoms. The van der Waals surface area contributed by atoms with Crippen LogP contribution in [0.25, 0.3) is 11.3 Å². The van der Waals surface area contributed by atoms with Crippen LogP contribution in [-0.4, -0.2) is 75.7 Å². The number of likely N-dealkylation sites (tertiary alicyclic amines) is 1. The minimum absolute atomic E-state index is 0.0462. The molecule has 3 aromatic rings. The first-order valence-electron chi connectivity index (χ1n) is 17.1. The second-order valence-corrected chi connectivity index (χ2v) is 13.6. The molecule has 0 amide bonds. The smallest absolute Gasteiger partial charge is 0.293 e. The molecule has 0 saturated carbocycles. The van der Waals surface area contributed by atoms with Crippen molar-refractivity contribution >= 4 is 23.0 Å². The monoisotopic (exact) mass is 652 g/mol. The quantitative estimate of drug-likeness (QED) is 0.374. The van der Waals surface area contributed by atoms with Crippen molar-refractivity contribution in [2.24, 2.45) is 7.05 Å². The largest absolute Gasteiger partial charge is 0.392 e. The third kappa shape index (κ3) is 5.53. The molecule has 0 spiro atoms. The van der Waals surface area contributed by atoms with E-state index in [2.05, 4.69) is 32.2 Å². The predicted molar refractivity (Wildman–Crippen MR) is 181 cm³/mol. The average Bonchev–Trinajstić information content (AvgIpc) is 3.37. The van der Waals surface area contributed by atoms with E-state index in [4.69, 9.17) is 4.74 Å². The van der Waals surface area contributed by atoms with E-state index in [1.165, 1.54) is 22.3 Å². The fourth-order valence-electron chi connectivity index (χ4n) is 7.95. The third-order valence-electron chi connectivity index (χ3n) is 10.7. The number of Topliss-reactive ketones (excluding diaryl/α,β-unsaturated/α-hetero) is 1. The normalized spacial score (nSPS) is 20.5. The van der Waals surface area contributed by atoms with Crippen LogP contribution in [0.4, 0.5) is 21.6 Å². The number of carbonyl (C=O) groups is 1. The van der Waals surface area contributed by atoms with Gasteiger partial charge in [0.15, 0.2) is 5.82 Å². The van der Waals surface area contributed by atoms with Gasteiger partial charge in [0.25, 0.3) is 5.56 Å². The van der Waals surface area contributed by atoms with Crippen molar-refractivity contribution in [2.75, 3.05) is 49.6 Å². The van der Waals surface area contributed by atoms with Crippen molar-refractivity contribution in [1.29, 1.82) is 0 Å². The van der Waals surface area contributed by atoms with Crippen LogP contribution in [0.1, 0.15) is 55.6 Å². The molecule has 250 valence electrons. The molecule has 2 saturated heterocycles. The molecule has 2 aromatic carbocycles. The summed E-state index contributed by atoms with van der Waals surface area (Å²) in [5, 5.41) is 13.8. The number of nitrogens with zero attached hydrogens (tertiary/aromatic N) is 5. The summed E-state index contributed by atoms with van der Waals surface area (Å²) in [7, 11) is 1.63. The molecular weight excluding hydrogens is 611 g/mol. The second kappa shape index (κ2) is 12.6. The van der Waals surface area contributed by atoms with E-state index in [0.717, 1.165) is 81.8 Å². The number of aliphatic hydroxyl groups excluding tert-OH is 1. The van der Waals surface area contributed by atoms with E-state index in [-0.39, 0.29) is 23.8 Å². The number of fused-ring (bicyclic) bond motifs is 2. The SMILES string of the molecule is Cn1cc(-c2cc(F)cc(N3C=C4C(=O)C5=C(CCCC5)N4CC3)c2CO)nc(Nc2ccc(C3CCN(C4COC4)CC3)cc2)c1=O. The Labute approximate surface area is 279 Å². The van der Waals surface area contributed by atoms with Gasteiger partial charge in [0.1, 0.15) is 11.5 Å². The van der Waals surface area contributed by atoms with Crippen LogP contribution >= 0.6 is 0 Å². The van der Waals surface area contributed by atoms with Crippen molar-refractivity contribution in [2.45, 2.75) is 57.1 Å². The molecule has 2 fully saturated rings. The number of aromatic nitrogens is 2. The number of anilines is 3. The Morgan fingerprint density at radius 3 is 2.52 bits per heavy atom. The maximum Gasteiger partial charge on any atom is 0.293 e. The van der Waals surface area contributed by atoms with E-state index in [1.807, 2.05) is 17.0 Å².